The van der Waals surface area contributed by atoms with Gasteiger partial charge in [0.15, 0.2) is 0 Å². The quantitative estimate of drug-likeness (QED) is 0.255. The van der Waals surface area contributed by atoms with Gasteiger partial charge in [0.2, 0.25) is 0 Å². The second-order valence-electron chi connectivity index (χ2n) is 4.79. The normalized spacial score (nSPS) is 11.7. The van der Waals surface area contributed by atoms with Gasteiger partial charge in [-0.2, -0.15) is 0 Å². The van der Waals surface area contributed by atoms with Crippen LogP contribution >= 0.6 is 0 Å². The van der Waals surface area contributed by atoms with Gasteiger partial charge in [0, 0.05) is 12.7 Å². The number of nitrogens with one attached hydrogen (secondary N) is 2. The zero-order valence-electron chi connectivity index (χ0n) is 12.9. The number of hydrazine groups is 1. The van der Waals surface area contributed by atoms with Crippen LogP contribution in [0.5, 0.6) is 0 Å². The molecule has 0 saturated carbocycles. The van der Waals surface area contributed by atoms with Crippen molar-refractivity contribution in [3.8, 4) is 0 Å². The van der Waals surface area contributed by atoms with Crippen molar-refractivity contribution in [1.29, 1.82) is 0 Å². The summed E-state index contributed by atoms with van der Waals surface area (Å²) in [6, 6.07) is 4.74. The lowest BCUT2D eigenvalue weighted by Gasteiger charge is -2.14. The van der Waals surface area contributed by atoms with Gasteiger partial charge in [-0.1, -0.05) is 18.9 Å². The summed E-state index contributed by atoms with van der Waals surface area (Å²) >= 11 is 0. The summed E-state index contributed by atoms with van der Waals surface area (Å²) in [7, 11) is 0. The highest BCUT2D eigenvalue weighted by molar-refractivity contribution is 5.92. The minimum atomic E-state index is -0.469. The fraction of sp³-hybridized carbons (Fsp3) is 0.533. The van der Waals surface area contributed by atoms with Crippen molar-refractivity contribution >= 4 is 11.9 Å². The van der Waals surface area contributed by atoms with E-state index in [0.717, 1.165) is 19.3 Å². The number of carbonyl (C=O) groups is 2. The van der Waals surface area contributed by atoms with Gasteiger partial charge >= 0.3 is 5.97 Å². The van der Waals surface area contributed by atoms with Crippen LogP contribution < -0.4 is 16.6 Å². The third-order valence-corrected chi connectivity index (χ3v) is 3.12. The highest BCUT2D eigenvalue weighted by atomic mass is 16.5. The van der Waals surface area contributed by atoms with Gasteiger partial charge in [0.1, 0.15) is 11.7 Å². The van der Waals surface area contributed by atoms with Crippen LogP contribution in [0.4, 0.5) is 0 Å². The molecule has 0 radical (unpaired) electrons. The van der Waals surface area contributed by atoms with Crippen molar-refractivity contribution in [3.05, 3.63) is 30.1 Å². The number of nitrogens with two attached hydrogens (primary N) is 1. The first kappa shape index (κ1) is 18.1. The Kier molecular flexibility index (Phi) is 8.78. The molecule has 1 aromatic heterocycles. The van der Waals surface area contributed by atoms with Crippen molar-refractivity contribution in [2.45, 2.75) is 38.6 Å². The van der Waals surface area contributed by atoms with Crippen molar-refractivity contribution in [2.75, 3.05) is 13.2 Å². The lowest BCUT2D eigenvalue weighted by atomic mass is 10.1. The zero-order valence-corrected chi connectivity index (χ0v) is 12.9. The monoisotopic (exact) mass is 308 g/mol. The Morgan fingerprint density at radius 1 is 1.32 bits per heavy atom. The van der Waals surface area contributed by atoms with Gasteiger partial charge in [0.05, 0.1) is 6.61 Å². The van der Waals surface area contributed by atoms with Gasteiger partial charge in [0.25, 0.3) is 5.91 Å². The molecule has 0 spiro atoms. The summed E-state index contributed by atoms with van der Waals surface area (Å²) in [5, 5.41) is 2.81. The molecule has 0 aliphatic rings. The standard InChI is InChI=1S/C15H24N4O3/c1-2-22-15(21)13(19-16)9-4-3-6-11-18-14(20)12-8-5-7-10-17-12/h5,7-8,10,13,19H,2-4,6,9,11,16H2,1H3,(H,18,20). The number of rotatable bonds is 10. The largest absolute Gasteiger partial charge is 0.465 e. The Morgan fingerprint density at radius 2 is 2.14 bits per heavy atom. The van der Waals surface area contributed by atoms with Crippen molar-refractivity contribution < 1.29 is 14.3 Å². The number of ether oxygens (including phenoxy) is 1. The minimum absolute atomic E-state index is 0.173. The van der Waals surface area contributed by atoms with Crippen LogP contribution in [0.2, 0.25) is 0 Å². The molecule has 0 aliphatic carbocycles. The van der Waals surface area contributed by atoms with E-state index in [1.54, 1.807) is 31.3 Å². The number of pyridine rings is 1. The second-order valence-corrected chi connectivity index (χ2v) is 4.79. The maximum Gasteiger partial charge on any atom is 0.324 e. The van der Waals surface area contributed by atoms with Crippen LogP contribution in [-0.4, -0.2) is 36.1 Å². The zero-order chi connectivity index (χ0) is 16.2. The smallest absolute Gasteiger partial charge is 0.324 e. The van der Waals surface area contributed by atoms with E-state index < -0.39 is 6.04 Å². The van der Waals surface area contributed by atoms with Crippen molar-refractivity contribution in [3.63, 3.8) is 0 Å². The third-order valence-electron chi connectivity index (χ3n) is 3.12. The van der Waals surface area contributed by atoms with Gasteiger partial charge in [-0.05, 0) is 31.9 Å². The van der Waals surface area contributed by atoms with Gasteiger partial charge in [-0.15, -0.1) is 0 Å². The summed E-state index contributed by atoms with van der Waals surface area (Å²) in [6.07, 6.45) is 4.75. The molecule has 22 heavy (non-hydrogen) atoms. The predicted octanol–water partition coefficient (Wildman–Crippen LogP) is 0.767. The molecule has 122 valence electrons. The Balaban J connectivity index is 2.12. The number of amides is 1. The van der Waals surface area contributed by atoms with E-state index in [4.69, 9.17) is 10.6 Å². The molecule has 0 aliphatic heterocycles. The van der Waals surface area contributed by atoms with Gasteiger partial charge < -0.3 is 10.1 Å². The first-order valence-electron chi connectivity index (χ1n) is 7.51. The topological polar surface area (TPSA) is 106 Å². The van der Waals surface area contributed by atoms with Crippen LogP contribution in [0.3, 0.4) is 0 Å². The molecule has 7 heteroatoms. The molecule has 4 N–H and O–H groups in total. The molecule has 1 rings (SSSR count). The summed E-state index contributed by atoms with van der Waals surface area (Å²) in [6.45, 7) is 2.68. The molecule has 0 bridgehead atoms. The first-order chi connectivity index (χ1) is 10.7. The fourth-order valence-electron chi connectivity index (χ4n) is 1.95. The lowest BCUT2D eigenvalue weighted by Crippen LogP contribution is -2.42. The second kappa shape index (κ2) is 10.7. The van der Waals surface area contributed by atoms with E-state index in [1.165, 1.54) is 0 Å². The van der Waals surface area contributed by atoms with Crippen LogP contribution in [0.15, 0.2) is 24.4 Å². The Labute approximate surface area is 130 Å². The Morgan fingerprint density at radius 3 is 2.77 bits per heavy atom. The highest BCUT2D eigenvalue weighted by Gasteiger charge is 2.17. The average molecular weight is 308 g/mol. The molecule has 1 amide bonds. The predicted molar refractivity (Wildman–Crippen MR) is 82.8 cm³/mol. The summed E-state index contributed by atoms with van der Waals surface area (Å²) in [5.74, 6) is 4.84. The van der Waals surface area contributed by atoms with Gasteiger partial charge in [-0.25, -0.2) is 5.43 Å². The van der Waals surface area contributed by atoms with Crippen LogP contribution in [0.1, 0.15) is 43.1 Å². The van der Waals surface area contributed by atoms with E-state index in [2.05, 4.69) is 15.7 Å². The third kappa shape index (κ3) is 6.64. The maximum absolute atomic E-state index is 11.7. The van der Waals surface area contributed by atoms with Crippen LogP contribution in [0.25, 0.3) is 0 Å². The molecule has 0 aromatic carbocycles. The van der Waals surface area contributed by atoms with Crippen molar-refractivity contribution in [1.82, 2.24) is 15.7 Å². The molecular weight excluding hydrogens is 284 g/mol. The molecule has 0 fully saturated rings. The number of hydrogen-bond donors (Lipinski definition) is 3. The molecular formula is C15H24N4O3. The molecule has 0 saturated heterocycles. The molecule has 1 unspecified atom stereocenters. The Hall–Kier alpha value is -1.99. The summed E-state index contributed by atoms with van der Waals surface area (Å²) in [5.41, 5.74) is 2.88. The number of carbonyl (C=O) groups excluding carboxylic acids is 2. The van der Waals surface area contributed by atoms with E-state index in [-0.39, 0.29) is 11.9 Å². The van der Waals surface area contributed by atoms with E-state index in [0.29, 0.717) is 25.3 Å². The maximum atomic E-state index is 11.7. The molecule has 1 atom stereocenters. The highest BCUT2D eigenvalue weighted by Crippen LogP contribution is 2.04. The average Bonchev–Trinajstić information content (AvgIpc) is 2.55. The van der Waals surface area contributed by atoms with Crippen LogP contribution in [0, 0.1) is 0 Å². The number of aromatic nitrogens is 1. The van der Waals surface area contributed by atoms with E-state index in [9.17, 15) is 9.59 Å². The summed E-state index contributed by atoms with van der Waals surface area (Å²) < 4.78 is 4.91. The SMILES string of the molecule is CCOC(=O)C(CCCCCNC(=O)c1ccccn1)NN. The van der Waals surface area contributed by atoms with Crippen molar-refractivity contribution in [2.24, 2.45) is 5.84 Å². The fourth-order valence-corrected chi connectivity index (χ4v) is 1.95. The number of unbranched alkanes of at least 4 members (excludes halogenated alkanes) is 2. The number of nitrogens with zero attached hydrogens (tertiary/aromatic N) is 1. The number of esters is 1. The Bertz CT molecular complexity index is 453. The lowest BCUT2D eigenvalue weighted by molar-refractivity contribution is -0.145. The molecule has 1 heterocycles. The van der Waals surface area contributed by atoms with E-state index >= 15 is 0 Å². The van der Waals surface area contributed by atoms with Gasteiger partial charge in [-0.3, -0.25) is 20.4 Å². The van der Waals surface area contributed by atoms with Crippen LogP contribution in [-0.2, 0) is 9.53 Å². The van der Waals surface area contributed by atoms with E-state index in [1.807, 2.05) is 0 Å². The first-order valence-corrected chi connectivity index (χ1v) is 7.51. The minimum Gasteiger partial charge on any atom is -0.465 e. The molecule has 7 nitrogen and oxygen atoms in total. The summed E-state index contributed by atoms with van der Waals surface area (Å²) in [4.78, 5) is 27.2. The number of hydrogen-bond acceptors (Lipinski definition) is 6. The molecule has 1 aromatic rings.